The van der Waals surface area contributed by atoms with Crippen molar-refractivity contribution in [1.82, 2.24) is 0 Å². The van der Waals surface area contributed by atoms with E-state index in [-0.39, 0.29) is 6.04 Å². The molecule has 2 atom stereocenters. The van der Waals surface area contributed by atoms with Crippen LogP contribution in [-0.2, 0) is 11.8 Å². The first-order chi connectivity index (χ1) is 11.0. The van der Waals surface area contributed by atoms with Crippen LogP contribution < -0.4 is 5.73 Å². The molecule has 1 aliphatic carbocycles. The summed E-state index contributed by atoms with van der Waals surface area (Å²) in [6, 6.07) is 9.35. The molecule has 0 bridgehead atoms. The number of nitrogens with two attached hydrogens (primary N) is 1. The molecule has 2 rings (SSSR count). The molecule has 1 aromatic carbocycles. The third-order valence-corrected chi connectivity index (χ3v) is 5.60. The summed E-state index contributed by atoms with van der Waals surface area (Å²) in [5.74, 6) is 0.675. The standard InChI is InChI=1S/C22H33N/c1-5-22(4,6-2)20-13-11-19(12-14-20)16-21(23)15-18-9-7-17(3)8-10-18/h7,9-14,17,21H,5-6,8,15-16,23H2,1-4H3. The van der Waals surface area contributed by atoms with Crippen LogP contribution >= 0.6 is 0 Å². The van der Waals surface area contributed by atoms with Crippen molar-refractivity contribution < 1.29 is 0 Å². The lowest BCUT2D eigenvalue weighted by atomic mass is 9.77. The summed E-state index contributed by atoms with van der Waals surface area (Å²) in [4.78, 5) is 0. The fraction of sp³-hybridized carbons (Fsp3) is 0.545. The van der Waals surface area contributed by atoms with Crippen LogP contribution in [0.2, 0.25) is 0 Å². The third-order valence-electron chi connectivity index (χ3n) is 5.60. The number of hydrogen-bond donors (Lipinski definition) is 1. The van der Waals surface area contributed by atoms with E-state index >= 15 is 0 Å². The van der Waals surface area contributed by atoms with Crippen molar-refractivity contribution in [2.24, 2.45) is 11.7 Å². The van der Waals surface area contributed by atoms with Gasteiger partial charge in [0.2, 0.25) is 0 Å². The summed E-state index contributed by atoms with van der Waals surface area (Å²) in [5, 5.41) is 0. The monoisotopic (exact) mass is 311 g/mol. The Bertz CT molecular complexity index is 546. The fourth-order valence-corrected chi connectivity index (χ4v) is 3.30. The second kappa shape index (κ2) is 7.97. The molecule has 1 nitrogen and oxygen atoms in total. The lowest BCUT2D eigenvalue weighted by Gasteiger charge is -2.27. The molecule has 0 saturated carbocycles. The Morgan fingerprint density at radius 2 is 1.78 bits per heavy atom. The van der Waals surface area contributed by atoms with Gasteiger partial charge in [0.15, 0.2) is 0 Å². The number of benzene rings is 1. The van der Waals surface area contributed by atoms with Gasteiger partial charge in [-0.25, -0.2) is 0 Å². The quantitative estimate of drug-likeness (QED) is 0.702. The average molecular weight is 312 g/mol. The molecule has 0 aromatic heterocycles. The summed E-state index contributed by atoms with van der Waals surface area (Å²) < 4.78 is 0. The highest BCUT2D eigenvalue weighted by Crippen LogP contribution is 2.31. The largest absolute Gasteiger partial charge is 0.327 e. The van der Waals surface area contributed by atoms with Gasteiger partial charge in [-0.15, -0.1) is 0 Å². The molecule has 0 radical (unpaired) electrons. The summed E-state index contributed by atoms with van der Waals surface area (Å²) in [6.07, 6.45) is 12.4. The smallest absolute Gasteiger partial charge is 0.0120 e. The first kappa shape index (κ1) is 18.0. The van der Waals surface area contributed by atoms with Crippen LogP contribution in [0.3, 0.4) is 0 Å². The van der Waals surface area contributed by atoms with Gasteiger partial charge >= 0.3 is 0 Å². The van der Waals surface area contributed by atoms with Gasteiger partial charge < -0.3 is 5.73 Å². The zero-order valence-electron chi connectivity index (χ0n) is 15.3. The van der Waals surface area contributed by atoms with E-state index in [0.717, 1.165) is 19.3 Å². The van der Waals surface area contributed by atoms with Gasteiger partial charge in [0.25, 0.3) is 0 Å². The van der Waals surface area contributed by atoms with E-state index in [1.54, 1.807) is 0 Å². The van der Waals surface area contributed by atoms with E-state index in [0.29, 0.717) is 11.3 Å². The van der Waals surface area contributed by atoms with Crippen LogP contribution in [0.1, 0.15) is 64.5 Å². The van der Waals surface area contributed by atoms with E-state index in [1.807, 2.05) is 0 Å². The summed E-state index contributed by atoms with van der Waals surface area (Å²) >= 11 is 0. The molecule has 2 unspecified atom stereocenters. The lowest BCUT2D eigenvalue weighted by molar-refractivity contribution is 0.439. The highest BCUT2D eigenvalue weighted by atomic mass is 14.6. The Hall–Kier alpha value is -1.34. The first-order valence-corrected chi connectivity index (χ1v) is 9.19. The van der Waals surface area contributed by atoms with Crippen molar-refractivity contribution in [3.05, 3.63) is 59.2 Å². The second-order valence-electron chi connectivity index (χ2n) is 7.48. The topological polar surface area (TPSA) is 26.0 Å². The van der Waals surface area contributed by atoms with Crippen LogP contribution in [-0.4, -0.2) is 6.04 Å². The van der Waals surface area contributed by atoms with Crippen molar-refractivity contribution in [3.8, 4) is 0 Å². The Morgan fingerprint density at radius 1 is 1.13 bits per heavy atom. The van der Waals surface area contributed by atoms with Crippen LogP contribution in [0.5, 0.6) is 0 Å². The van der Waals surface area contributed by atoms with Gasteiger partial charge in [0, 0.05) is 6.04 Å². The maximum Gasteiger partial charge on any atom is 0.0120 e. The molecule has 0 heterocycles. The Balaban J connectivity index is 1.94. The summed E-state index contributed by atoms with van der Waals surface area (Å²) in [7, 11) is 0. The minimum absolute atomic E-state index is 0.203. The van der Waals surface area contributed by atoms with E-state index in [1.165, 1.54) is 29.5 Å². The van der Waals surface area contributed by atoms with Gasteiger partial charge in [-0.3, -0.25) is 0 Å². The SMILES string of the molecule is CCC(C)(CC)c1ccc(CC(N)CC2=CCC(C)C=C2)cc1. The third kappa shape index (κ3) is 4.81. The van der Waals surface area contributed by atoms with Crippen molar-refractivity contribution in [3.63, 3.8) is 0 Å². The number of hydrogen-bond acceptors (Lipinski definition) is 1. The molecule has 1 aromatic rings. The zero-order chi connectivity index (χ0) is 16.9. The van der Waals surface area contributed by atoms with Crippen LogP contribution in [0.25, 0.3) is 0 Å². The molecule has 126 valence electrons. The normalized spacial score (nSPS) is 19.5. The highest BCUT2D eigenvalue weighted by molar-refractivity contribution is 5.30. The molecule has 23 heavy (non-hydrogen) atoms. The minimum Gasteiger partial charge on any atom is -0.327 e. The maximum absolute atomic E-state index is 6.37. The zero-order valence-corrected chi connectivity index (χ0v) is 15.3. The summed E-state index contributed by atoms with van der Waals surface area (Å²) in [6.45, 7) is 9.17. The van der Waals surface area contributed by atoms with Gasteiger partial charge in [0.05, 0.1) is 0 Å². The number of rotatable bonds is 7. The van der Waals surface area contributed by atoms with E-state index in [2.05, 4.69) is 70.2 Å². The van der Waals surface area contributed by atoms with Gasteiger partial charge in [0.1, 0.15) is 0 Å². The number of allylic oxidation sites excluding steroid dienone is 3. The Labute approximate surface area is 142 Å². The van der Waals surface area contributed by atoms with Crippen molar-refractivity contribution in [2.45, 2.75) is 71.3 Å². The molecule has 1 aliphatic rings. The van der Waals surface area contributed by atoms with Crippen LogP contribution in [0.4, 0.5) is 0 Å². The first-order valence-electron chi connectivity index (χ1n) is 9.19. The maximum atomic E-state index is 6.37. The summed E-state index contributed by atoms with van der Waals surface area (Å²) in [5.41, 5.74) is 10.9. The molecule has 2 N–H and O–H groups in total. The van der Waals surface area contributed by atoms with Gasteiger partial charge in [-0.1, -0.05) is 75.8 Å². The molecule has 0 amide bonds. The molecule has 0 spiro atoms. The van der Waals surface area contributed by atoms with Crippen molar-refractivity contribution in [2.75, 3.05) is 0 Å². The predicted molar refractivity (Wildman–Crippen MR) is 102 cm³/mol. The van der Waals surface area contributed by atoms with Gasteiger partial charge in [-0.05, 0) is 54.6 Å². The Kier molecular flexibility index (Phi) is 6.24. The lowest BCUT2D eigenvalue weighted by Crippen LogP contribution is -2.24. The highest BCUT2D eigenvalue weighted by Gasteiger charge is 2.21. The van der Waals surface area contributed by atoms with E-state index in [4.69, 9.17) is 5.73 Å². The van der Waals surface area contributed by atoms with Crippen LogP contribution in [0, 0.1) is 5.92 Å². The van der Waals surface area contributed by atoms with Crippen LogP contribution in [0.15, 0.2) is 48.1 Å². The molecular formula is C22H33N. The van der Waals surface area contributed by atoms with Gasteiger partial charge in [-0.2, -0.15) is 0 Å². The van der Waals surface area contributed by atoms with E-state index in [9.17, 15) is 0 Å². The molecule has 1 heteroatoms. The average Bonchev–Trinajstić information content (AvgIpc) is 2.57. The molecule has 0 aliphatic heterocycles. The minimum atomic E-state index is 0.203. The fourth-order valence-electron chi connectivity index (χ4n) is 3.30. The Morgan fingerprint density at radius 3 is 2.30 bits per heavy atom. The van der Waals surface area contributed by atoms with E-state index < -0.39 is 0 Å². The second-order valence-corrected chi connectivity index (χ2v) is 7.48. The molecule has 0 saturated heterocycles. The molecular weight excluding hydrogens is 278 g/mol. The molecule has 0 fully saturated rings. The predicted octanol–water partition coefficient (Wildman–Crippen LogP) is 5.55. The van der Waals surface area contributed by atoms with Crippen molar-refractivity contribution >= 4 is 0 Å². The van der Waals surface area contributed by atoms with Crippen molar-refractivity contribution in [1.29, 1.82) is 0 Å².